The minimum atomic E-state index is -3.62. The van der Waals surface area contributed by atoms with Crippen LogP contribution in [-0.2, 0) is 14.8 Å². The monoisotopic (exact) mass is 438 g/mol. The Morgan fingerprint density at radius 1 is 1.08 bits per heavy atom. The second-order valence-corrected chi connectivity index (χ2v) is 7.93. The third-order valence-corrected chi connectivity index (χ3v) is 5.39. The van der Waals surface area contributed by atoms with Crippen LogP contribution in [0.4, 0.5) is 0 Å². The van der Waals surface area contributed by atoms with Gasteiger partial charge >= 0.3 is 0 Å². The lowest BCUT2D eigenvalue weighted by molar-refractivity contribution is -0.116. The van der Waals surface area contributed by atoms with Crippen molar-refractivity contribution in [3.05, 3.63) is 64.6 Å². The van der Waals surface area contributed by atoms with Gasteiger partial charge in [0.05, 0.1) is 12.0 Å². The molecule has 0 saturated carbocycles. The van der Waals surface area contributed by atoms with Crippen molar-refractivity contribution < 1.29 is 17.9 Å². The molecule has 0 radical (unpaired) electrons. The Morgan fingerprint density at radius 2 is 1.73 bits per heavy atom. The van der Waals surface area contributed by atoms with E-state index >= 15 is 0 Å². The standard InChI is InChI=1S/C18H19BrN2O4S/c1-25-16-7-9-17(10-8-16)26(23,24)21-13-12-20-18(22)11-4-14-2-5-15(19)6-3-14/h2-11,21H,12-13H2,1H3,(H,20,22)/b11-4+. The molecule has 26 heavy (non-hydrogen) atoms. The molecule has 2 rings (SSSR count). The van der Waals surface area contributed by atoms with Crippen LogP contribution in [0.1, 0.15) is 5.56 Å². The van der Waals surface area contributed by atoms with E-state index in [-0.39, 0.29) is 23.9 Å². The van der Waals surface area contributed by atoms with E-state index in [0.29, 0.717) is 5.75 Å². The van der Waals surface area contributed by atoms with Crippen molar-refractivity contribution in [3.8, 4) is 5.75 Å². The van der Waals surface area contributed by atoms with Crippen molar-refractivity contribution in [3.63, 3.8) is 0 Å². The average Bonchev–Trinajstić information content (AvgIpc) is 2.65. The first-order chi connectivity index (χ1) is 12.4. The van der Waals surface area contributed by atoms with Gasteiger partial charge in [0.25, 0.3) is 0 Å². The molecular weight excluding hydrogens is 420 g/mol. The molecule has 2 aromatic carbocycles. The van der Waals surface area contributed by atoms with E-state index in [0.717, 1.165) is 10.0 Å². The summed E-state index contributed by atoms with van der Waals surface area (Å²) in [7, 11) is -2.11. The first kappa shape index (κ1) is 20.2. The fraction of sp³-hybridized carbons (Fsp3) is 0.167. The van der Waals surface area contributed by atoms with Crippen LogP contribution in [0.5, 0.6) is 5.75 Å². The fourth-order valence-electron chi connectivity index (χ4n) is 2.01. The summed E-state index contributed by atoms with van der Waals surface area (Å²) in [5.74, 6) is 0.283. The molecule has 0 heterocycles. The zero-order valence-electron chi connectivity index (χ0n) is 14.1. The van der Waals surface area contributed by atoms with E-state index in [1.54, 1.807) is 18.2 Å². The Bertz CT molecular complexity index is 863. The number of ether oxygens (including phenoxy) is 1. The Balaban J connectivity index is 1.78. The maximum absolute atomic E-state index is 12.1. The zero-order chi connectivity index (χ0) is 19.0. The molecule has 0 unspecified atom stereocenters. The summed E-state index contributed by atoms with van der Waals surface area (Å²) in [6.45, 7) is 0.269. The lowest BCUT2D eigenvalue weighted by atomic mass is 10.2. The molecule has 1 amide bonds. The highest BCUT2D eigenvalue weighted by atomic mass is 79.9. The Kier molecular flexibility index (Phi) is 7.38. The van der Waals surface area contributed by atoms with E-state index in [1.165, 1.54) is 25.3 Å². The molecule has 2 aromatic rings. The molecule has 0 aromatic heterocycles. The van der Waals surface area contributed by atoms with Gasteiger partial charge in [0, 0.05) is 23.6 Å². The molecule has 8 heteroatoms. The number of benzene rings is 2. The van der Waals surface area contributed by atoms with E-state index in [9.17, 15) is 13.2 Å². The van der Waals surface area contributed by atoms with Gasteiger partial charge in [-0.2, -0.15) is 0 Å². The summed E-state index contributed by atoms with van der Waals surface area (Å²) in [4.78, 5) is 11.9. The fourth-order valence-corrected chi connectivity index (χ4v) is 3.31. The lowest BCUT2D eigenvalue weighted by Gasteiger charge is -2.08. The SMILES string of the molecule is COc1ccc(S(=O)(=O)NCCNC(=O)/C=C/c2ccc(Br)cc2)cc1. The molecule has 0 spiro atoms. The van der Waals surface area contributed by atoms with Crippen molar-refractivity contribution in [2.24, 2.45) is 0 Å². The largest absolute Gasteiger partial charge is 0.497 e. The zero-order valence-corrected chi connectivity index (χ0v) is 16.5. The number of methoxy groups -OCH3 is 1. The molecule has 0 aliphatic carbocycles. The maximum Gasteiger partial charge on any atom is 0.244 e. The molecule has 0 aliphatic heterocycles. The van der Waals surface area contributed by atoms with Gasteiger partial charge in [-0.1, -0.05) is 28.1 Å². The van der Waals surface area contributed by atoms with Gasteiger partial charge in [-0.05, 0) is 48.0 Å². The maximum atomic E-state index is 12.1. The number of amides is 1. The first-order valence-electron chi connectivity index (χ1n) is 7.76. The van der Waals surface area contributed by atoms with Gasteiger partial charge in [0.15, 0.2) is 0 Å². The quantitative estimate of drug-likeness (QED) is 0.489. The van der Waals surface area contributed by atoms with Gasteiger partial charge in [0.1, 0.15) is 5.75 Å². The molecule has 0 fully saturated rings. The highest BCUT2D eigenvalue weighted by Gasteiger charge is 2.13. The van der Waals surface area contributed by atoms with Crippen LogP contribution in [0, 0.1) is 0 Å². The van der Waals surface area contributed by atoms with Crippen molar-refractivity contribution in [2.75, 3.05) is 20.2 Å². The second-order valence-electron chi connectivity index (χ2n) is 5.25. The Labute approximate surface area is 161 Å². The highest BCUT2D eigenvalue weighted by Crippen LogP contribution is 2.15. The summed E-state index contributed by atoms with van der Waals surface area (Å²) in [6, 6.07) is 13.6. The summed E-state index contributed by atoms with van der Waals surface area (Å²) < 4.78 is 32.7. The molecule has 6 nitrogen and oxygen atoms in total. The normalized spacial score (nSPS) is 11.5. The number of hydrogen-bond acceptors (Lipinski definition) is 4. The van der Waals surface area contributed by atoms with Gasteiger partial charge in [-0.3, -0.25) is 4.79 Å². The second kappa shape index (κ2) is 9.51. The molecular formula is C18H19BrN2O4S. The van der Waals surface area contributed by atoms with Crippen LogP contribution < -0.4 is 14.8 Å². The van der Waals surface area contributed by atoms with Gasteiger partial charge < -0.3 is 10.1 Å². The highest BCUT2D eigenvalue weighted by molar-refractivity contribution is 9.10. The summed E-state index contributed by atoms with van der Waals surface area (Å²) in [6.07, 6.45) is 3.09. The molecule has 2 N–H and O–H groups in total. The number of nitrogens with one attached hydrogen (secondary N) is 2. The summed E-state index contributed by atoms with van der Waals surface area (Å²) >= 11 is 3.34. The number of carbonyl (C=O) groups excluding carboxylic acids is 1. The molecule has 0 saturated heterocycles. The Morgan fingerprint density at radius 3 is 2.35 bits per heavy atom. The smallest absolute Gasteiger partial charge is 0.244 e. The molecule has 0 bridgehead atoms. The van der Waals surface area contributed by atoms with E-state index < -0.39 is 10.0 Å². The van der Waals surface area contributed by atoms with Crippen LogP contribution >= 0.6 is 15.9 Å². The van der Waals surface area contributed by atoms with Gasteiger partial charge in [0.2, 0.25) is 15.9 Å². The summed E-state index contributed by atoms with van der Waals surface area (Å²) in [5, 5.41) is 2.62. The van der Waals surface area contributed by atoms with Crippen LogP contribution in [0.3, 0.4) is 0 Å². The predicted octanol–water partition coefficient (Wildman–Crippen LogP) is 2.57. The van der Waals surface area contributed by atoms with E-state index in [4.69, 9.17) is 4.74 Å². The summed E-state index contributed by atoms with van der Waals surface area (Å²) in [5.41, 5.74) is 0.892. The van der Waals surface area contributed by atoms with Crippen LogP contribution in [0.25, 0.3) is 6.08 Å². The van der Waals surface area contributed by atoms with Crippen molar-refractivity contribution in [1.82, 2.24) is 10.0 Å². The Hall–Kier alpha value is -2.16. The van der Waals surface area contributed by atoms with Crippen molar-refractivity contribution in [2.45, 2.75) is 4.90 Å². The molecule has 138 valence electrons. The van der Waals surface area contributed by atoms with Crippen LogP contribution in [0.15, 0.2) is 64.0 Å². The average molecular weight is 439 g/mol. The first-order valence-corrected chi connectivity index (χ1v) is 10.0. The molecule has 0 aliphatic rings. The number of rotatable bonds is 8. The number of carbonyl (C=O) groups is 1. The van der Waals surface area contributed by atoms with Crippen molar-refractivity contribution in [1.29, 1.82) is 0 Å². The van der Waals surface area contributed by atoms with Gasteiger partial charge in [-0.25, -0.2) is 13.1 Å². The van der Waals surface area contributed by atoms with Crippen LogP contribution in [-0.4, -0.2) is 34.5 Å². The van der Waals surface area contributed by atoms with E-state index in [1.807, 2.05) is 24.3 Å². The number of hydrogen-bond donors (Lipinski definition) is 2. The predicted molar refractivity (Wildman–Crippen MR) is 104 cm³/mol. The third kappa shape index (κ3) is 6.29. The minimum Gasteiger partial charge on any atom is -0.497 e. The number of halogens is 1. The van der Waals surface area contributed by atoms with E-state index in [2.05, 4.69) is 26.0 Å². The molecule has 0 atom stereocenters. The topological polar surface area (TPSA) is 84.5 Å². The van der Waals surface area contributed by atoms with Crippen LogP contribution in [0.2, 0.25) is 0 Å². The minimum absolute atomic E-state index is 0.0895. The van der Waals surface area contributed by atoms with Crippen molar-refractivity contribution >= 4 is 37.9 Å². The third-order valence-electron chi connectivity index (χ3n) is 3.38. The van der Waals surface area contributed by atoms with Gasteiger partial charge in [-0.15, -0.1) is 0 Å². The number of sulfonamides is 1. The lowest BCUT2D eigenvalue weighted by Crippen LogP contribution is -2.34.